The predicted octanol–water partition coefficient (Wildman–Crippen LogP) is 4.77. The lowest BCUT2D eigenvalue weighted by molar-refractivity contribution is 0.405. The highest BCUT2D eigenvalue weighted by atomic mass is 32.1. The summed E-state index contributed by atoms with van der Waals surface area (Å²) < 4.78 is 0. The van der Waals surface area contributed by atoms with Gasteiger partial charge in [-0.1, -0.05) is 30.3 Å². The summed E-state index contributed by atoms with van der Waals surface area (Å²) in [6.07, 6.45) is 1.11. The third kappa shape index (κ3) is 4.46. The molecule has 20 heavy (non-hydrogen) atoms. The highest BCUT2D eigenvalue weighted by Gasteiger charge is 2.17. The average Bonchev–Trinajstić information content (AvgIpc) is 2.80. The number of aryl methyl sites for hydroxylation is 1. The Kier molecular flexibility index (Phi) is 5.00. The molecule has 0 aliphatic carbocycles. The van der Waals surface area contributed by atoms with Crippen molar-refractivity contribution < 1.29 is 0 Å². The molecule has 0 bridgehead atoms. The van der Waals surface area contributed by atoms with Gasteiger partial charge in [-0.05, 0) is 56.7 Å². The maximum absolute atomic E-state index is 3.66. The number of hydrogen-bond acceptors (Lipinski definition) is 2. The van der Waals surface area contributed by atoms with Gasteiger partial charge in [0, 0.05) is 22.9 Å². The van der Waals surface area contributed by atoms with E-state index in [9.17, 15) is 0 Å². The standard InChI is InChI=1S/C18H25NS/c1-14-16(10-11-20-14)12-17(13-19-18(2,3)4)15-8-6-5-7-9-15/h5-11,17,19H,12-13H2,1-4H3. The largest absolute Gasteiger partial charge is 0.311 e. The molecular weight excluding hydrogens is 262 g/mol. The quantitative estimate of drug-likeness (QED) is 0.835. The van der Waals surface area contributed by atoms with E-state index in [1.807, 2.05) is 11.3 Å². The molecule has 0 amide bonds. The first-order chi connectivity index (χ1) is 9.46. The predicted molar refractivity (Wildman–Crippen MR) is 89.7 cm³/mol. The summed E-state index contributed by atoms with van der Waals surface area (Å²) in [6.45, 7) is 9.92. The highest BCUT2D eigenvalue weighted by Crippen LogP contribution is 2.25. The Morgan fingerprint density at radius 2 is 1.80 bits per heavy atom. The maximum atomic E-state index is 3.66. The van der Waals surface area contributed by atoms with Crippen LogP contribution in [-0.2, 0) is 6.42 Å². The molecule has 0 aliphatic rings. The summed E-state index contributed by atoms with van der Waals surface area (Å²) in [5, 5.41) is 5.85. The molecule has 0 spiro atoms. The van der Waals surface area contributed by atoms with Crippen molar-refractivity contribution in [2.45, 2.75) is 45.6 Å². The van der Waals surface area contributed by atoms with E-state index >= 15 is 0 Å². The van der Waals surface area contributed by atoms with Gasteiger partial charge in [-0.15, -0.1) is 11.3 Å². The molecule has 1 atom stereocenters. The van der Waals surface area contributed by atoms with Crippen LogP contribution in [0, 0.1) is 6.92 Å². The monoisotopic (exact) mass is 287 g/mol. The van der Waals surface area contributed by atoms with E-state index in [2.05, 4.69) is 74.8 Å². The van der Waals surface area contributed by atoms with Crippen LogP contribution in [0.15, 0.2) is 41.8 Å². The van der Waals surface area contributed by atoms with Crippen LogP contribution in [0.4, 0.5) is 0 Å². The molecule has 0 aliphatic heterocycles. The fraction of sp³-hybridized carbons (Fsp3) is 0.444. The van der Waals surface area contributed by atoms with Crippen LogP contribution in [0.3, 0.4) is 0 Å². The van der Waals surface area contributed by atoms with Gasteiger partial charge in [-0.2, -0.15) is 0 Å². The third-order valence-electron chi connectivity index (χ3n) is 3.58. The lowest BCUT2D eigenvalue weighted by Gasteiger charge is -2.26. The summed E-state index contributed by atoms with van der Waals surface area (Å²) in [6, 6.07) is 13.1. The van der Waals surface area contributed by atoms with Gasteiger partial charge in [0.2, 0.25) is 0 Å². The van der Waals surface area contributed by atoms with Crippen molar-refractivity contribution in [1.82, 2.24) is 5.32 Å². The third-order valence-corrected chi connectivity index (χ3v) is 4.47. The van der Waals surface area contributed by atoms with E-state index < -0.39 is 0 Å². The molecule has 2 aromatic rings. The van der Waals surface area contributed by atoms with Crippen LogP contribution in [0.1, 0.15) is 42.7 Å². The average molecular weight is 287 g/mol. The molecular formula is C18H25NS. The molecule has 1 nitrogen and oxygen atoms in total. The molecule has 1 heterocycles. The van der Waals surface area contributed by atoms with Crippen molar-refractivity contribution in [3.63, 3.8) is 0 Å². The van der Waals surface area contributed by atoms with Crippen molar-refractivity contribution in [1.29, 1.82) is 0 Å². The van der Waals surface area contributed by atoms with Gasteiger partial charge in [-0.25, -0.2) is 0 Å². The number of hydrogen-bond donors (Lipinski definition) is 1. The van der Waals surface area contributed by atoms with Crippen LogP contribution >= 0.6 is 11.3 Å². The number of benzene rings is 1. The lowest BCUT2D eigenvalue weighted by atomic mass is 9.91. The molecule has 1 unspecified atom stereocenters. The minimum atomic E-state index is 0.163. The minimum Gasteiger partial charge on any atom is -0.311 e. The first-order valence-corrected chi connectivity index (χ1v) is 8.16. The van der Waals surface area contributed by atoms with Gasteiger partial charge >= 0.3 is 0 Å². The molecule has 0 fully saturated rings. The van der Waals surface area contributed by atoms with E-state index in [-0.39, 0.29) is 5.54 Å². The van der Waals surface area contributed by atoms with Crippen LogP contribution in [0.2, 0.25) is 0 Å². The van der Waals surface area contributed by atoms with Crippen molar-refractivity contribution in [3.05, 3.63) is 57.8 Å². The maximum Gasteiger partial charge on any atom is 0.00967 e. The van der Waals surface area contributed by atoms with Crippen LogP contribution in [0.5, 0.6) is 0 Å². The van der Waals surface area contributed by atoms with Crippen molar-refractivity contribution in [3.8, 4) is 0 Å². The summed E-state index contributed by atoms with van der Waals surface area (Å²) in [4.78, 5) is 1.45. The Morgan fingerprint density at radius 1 is 1.10 bits per heavy atom. The number of rotatable bonds is 5. The second-order valence-electron chi connectivity index (χ2n) is 6.44. The zero-order valence-electron chi connectivity index (χ0n) is 12.9. The van der Waals surface area contributed by atoms with E-state index in [0.717, 1.165) is 13.0 Å². The molecule has 0 saturated carbocycles. The van der Waals surface area contributed by atoms with E-state index in [1.165, 1.54) is 16.0 Å². The van der Waals surface area contributed by atoms with Gasteiger partial charge < -0.3 is 5.32 Å². The van der Waals surface area contributed by atoms with Gasteiger partial charge in [-0.3, -0.25) is 0 Å². The Morgan fingerprint density at radius 3 is 2.35 bits per heavy atom. The molecule has 2 rings (SSSR count). The van der Waals surface area contributed by atoms with E-state index in [4.69, 9.17) is 0 Å². The van der Waals surface area contributed by atoms with Crippen LogP contribution in [0.25, 0.3) is 0 Å². The van der Waals surface area contributed by atoms with Gasteiger partial charge in [0.15, 0.2) is 0 Å². The second kappa shape index (κ2) is 6.55. The summed E-state index contributed by atoms with van der Waals surface area (Å²) >= 11 is 1.84. The number of thiophene rings is 1. The van der Waals surface area contributed by atoms with Crippen LogP contribution < -0.4 is 5.32 Å². The van der Waals surface area contributed by atoms with Crippen molar-refractivity contribution in [2.75, 3.05) is 6.54 Å². The topological polar surface area (TPSA) is 12.0 Å². The Hall–Kier alpha value is -1.12. The Balaban J connectivity index is 2.14. The number of nitrogens with one attached hydrogen (secondary N) is 1. The van der Waals surface area contributed by atoms with Crippen molar-refractivity contribution in [2.24, 2.45) is 0 Å². The molecule has 1 N–H and O–H groups in total. The van der Waals surface area contributed by atoms with E-state index in [0.29, 0.717) is 5.92 Å². The van der Waals surface area contributed by atoms with Gasteiger partial charge in [0.25, 0.3) is 0 Å². The minimum absolute atomic E-state index is 0.163. The van der Waals surface area contributed by atoms with Gasteiger partial charge in [0.05, 0.1) is 0 Å². The first-order valence-electron chi connectivity index (χ1n) is 7.28. The second-order valence-corrected chi connectivity index (χ2v) is 7.56. The molecule has 1 aromatic carbocycles. The summed E-state index contributed by atoms with van der Waals surface area (Å²) in [7, 11) is 0. The summed E-state index contributed by atoms with van der Waals surface area (Å²) in [5.41, 5.74) is 3.07. The fourth-order valence-corrected chi connectivity index (χ4v) is 3.09. The first kappa shape index (κ1) is 15.3. The lowest BCUT2D eigenvalue weighted by Crippen LogP contribution is -2.39. The van der Waals surface area contributed by atoms with E-state index in [1.54, 1.807) is 0 Å². The molecule has 108 valence electrons. The summed E-state index contributed by atoms with van der Waals surface area (Å²) in [5.74, 6) is 0.531. The zero-order valence-corrected chi connectivity index (χ0v) is 13.8. The molecule has 0 radical (unpaired) electrons. The fourth-order valence-electron chi connectivity index (χ4n) is 2.35. The smallest absolute Gasteiger partial charge is 0.00967 e. The van der Waals surface area contributed by atoms with Crippen LogP contribution in [-0.4, -0.2) is 12.1 Å². The van der Waals surface area contributed by atoms with Crippen molar-refractivity contribution >= 4 is 11.3 Å². The molecule has 2 heteroatoms. The molecule has 1 aromatic heterocycles. The normalized spacial score (nSPS) is 13.4. The Labute approximate surface area is 127 Å². The SMILES string of the molecule is Cc1sccc1CC(CNC(C)(C)C)c1ccccc1. The molecule has 0 saturated heterocycles. The Bertz CT molecular complexity index is 522. The zero-order chi connectivity index (χ0) is 14.6. The van der Waals surface area contributed by atoms with Gasteiger partial charge in [0.1, 0.15) is 0 Å². The highest BCUT2D eigenvalue weighted by molar-refractivity contribution is 7.10.